The van der Waals surface area contributed by atoms with Crippen LogP contribution >= 0.6 is 0 Å². The minimum Gasteiger partial charge on any atom is -0.379 e. The van der Waals surface area contributed by atoms with E-state index in [1.54, 1.807) is 25.1 Å². The van der Waals surface area contributed by atoms with Crippen LogP contribution in [0.1, 0.15) is 22.5 Å². The van der Waals surface area contributed by atoms with E-state index in [4.69, 9.17) is 9.26 Å². The first kappa shape index (κ1) is 15.7. The van der Waals surface area contributed by atoms with Crippen LogP contribution in [0.5, 0.6) is 0 Å². The predicted molar refractivity (Wildman–Crippen MR) is 88.6 cm³/mol. The molecule has 0 aliphatic carbocycles. The summed E-state index contributed by atoms with van der Waals surface area (Å²) in [5.41, 5.74) is 2.54. The summed E-state index contributed by atoms with van der Waals surface area (Å²) >= 11 is 0. The van der Waals surface area contributed by atoms with Gasteiger partial charge in [0.05, 0.1) is 35.0 Å². The van der Waals surface area contributed by atoms with E-state index in [1.165, 1.54) is 12.1 Å². The lowest BCUT2D eigenvalue weighted by atomic mass is 10.0. The van der Waals surface area contributed by atoms with Crippen LogP contribution in [-0.2, 0) is 4.74 Å². The highest BCUT2D eigenvalue weighted by Crippen LogP contribution is 2.27. The van der Waals surface area contributed by atoms with Gasteiger partial charge in [-0.25, -0.2) is 9.37 Å². The molecule has 3 aromatic rings. The molecular weight excluding hydrogens is 325 g/mol. The van der Waals surface area contributed by atoms with Gasteiger partial charge in [0.25, 0.3) is 11.6 Å². The van der Waals surface area contributed by atoms with Gasteiger partial charge in [0.2, 0.25) is 0 Å². The molecule has 1 N–H and O–H groups in total. The Morgan fingerprint density at radius 2 is 2.12 bits per heavy atom. The fraction of sp³-hybridized carbons (Fsp3) is 0.278. The van der Waals surface area contributed by atoms with E-state index in [9.17, 15) is 9.18 Å². The van der Waals surface area contributed by atoms with Crippen LogP contribution in [0.4, 0.5) is 4.39 Å². The zero-order valence-corrected chi connectivity index (χ0v) is 13.6. The number of carbonyl (C=O) groups excluding carboxylic acids is 1. The Balaban J connectivity index is 1.78. The van der Waals surface area contributed by atoms with E-state index in [1.807, 2.05) is 0 Å². The fourth-order valence-electron chi connectivity index (χ4n) is 2.95. The number of ether oxygens (including phenoxy) is 1. The van der Waals surface area contributed by atoms with E-state index >= 15 is 0 Å². The van der Waals surface area contributed by atoms with Crippen LogP contribution < -0.4 is 5.32 Å². The molecule has 3 heterocycles. The molecule has 1 fully saturated rings. The van der Waals surface area contributed by atoms with Crippen LogP contribution in [0.2, 0.25) is 0 Å². The second-order valence-electron chi connectivity index (χ2n) is 6.04. The number of nitrogens with one attached hydrogen (secondary N) is 1. The number of aromatic nitrogens is 2. The second kappa shape index (κ2) is 6.25. The highest BCUT2D eigenvalue weighted by molar-refractivity contribution is 6.07. The predicted octanol–water partition coefficient (Wildman–Crippen LogP) is 2.86. The third-order valence-electron chi connectivity index (χ3n) is 4.27. The van der Waals surface area contributed by atoms with Crippen LogP contribution in [0.25, 0.3) is 22.4 Å². The normalized spacial score (nSPS) is 17.1. The molecule has 0 radical (unpaired) electrons. The molecule has 6 nitrogen and oxygen atoms in total. The average molecular weight is 341 g/mol. The average Bonchev–Trinajstić information content (AvgIpc) is 3.25. The third kappa shape index (κ3) is 2.98. The molecule has 4 rings (SSSR count). The number of aryl methyl sites for hydroxylation is 1. The lowest BCUT2D eigenvalue weighted by Crippen LogP contribution is -2.35. The Kier molecular flexibility index (Phi) is 3.93. The smallest absolute Gasteiger partial charge is 0.259 e. The maximum atomic E-state index is 13.2. The van der Waals surface area contributed by atoms with Gasteiger partial charge in [-0.2, -0.15) is 0 Å². The molecule has 0 spiro atoms. The summed E-state index contributed by atoms with van der Waals surface area (Å²) in [5.74, 6) is -0.558. The number of amides is 1. The Morgan fingerprint density at radius 3 is 2.84 bits per heavy atom. The molecule has 1 aliphatic rings. The Labute approximate surface area is 143 Å². The first-order chi connectivity index (χ1) is 12.1. The molecular formula is C18H16FN3O3. The number of rotatable bonds is 3. The minimum absolute atomic E-state index is 0.00912. The number of benzene rings is 1. The quantitative estimate of drug-likeness (QED) is 0.793. The SMILES string of the molecule is Cc1noc2nc(-c3ccc(F)cc3)cc(C(=O)N[C@H]3CCOC3)c12. The number of carbonyl (C=O) groups is 1. The lowest BCUT2D eigenvalue weighted by molar-refractivity contribution is 0.0931. The highest BCUT2D eigenvalue weighted by Gasteiger charge is 2.23. The summed E-state index contributed by atoms with van der Waals surface area (Å²) in [5, 5.41) is 7.47. The standard InChI is InChI=1S/C18H16FN3O3/c1-10-16-14(17(23)20-13-6-7-24-9-13)8-15(21-18(16)25-22-10)11-2-4-12(19)5-3-11/h2-5,8,13H,6-7,9H2,1H3,(H,20,23)/t13-/m0/s1. The van der Waals surface area contributed by atoms with E-state index < -0.39 is 0 Å². The van der Waals surface area contributed by atoms with Gasteiger partial charge < -0.3 is 14.6 Å². The summed E-state index contributed by atoms with van der Waals surface area (Å²) in [6.07, 6.45) is 0.785. The van der Waals surface area contributed by atoms with Crippen molar-refractivity contribution < 1.29 is 18.4 Å². The van der Waals surface area contributed by atoms with Gasteiger partial charge in [-0.05, 0) is 43.7 Å². The number of halogens is 1. The van der Waals surface area contributed by atoms with Crippen molar-refractivity contribution in [2.45, 2.75) is 19.4 Å². The molecule has 7 heteroatoms. The van der Waals surface area contributed by atoms with E-state index in [0.29, 0.717) is 41.1 Å². The van der Waals surface area contributed by atoms with Gasteiger partial charge in [-0.1, -0.05) is 5.16 Å². The molecule has 0 unspecified atom stereocenters. The van der Waals surface area contributed by atoms with Gasteiger partial charge in [-0.3, -0.25) is 4.79 Å². The zero-order chi connectivity index (χ0) is 17.4. The topological polar surface area (TPSA) is 77.2 Å². The summed E-state index contributed by atoms with van der Waals surface area (Å²) in [7, 11) is 0. The van der Waals surface area contributed by atoms with Crippen molar-refractivity contribution in [3.8, 4) is 11.3 Å². The molecule has 2 aromatic heterocycles. The van der Waals surface area contributed by atoms with Crippen LogP contribution in [-0.4, -0.2) is 35.3 Å². The van der Waals surface area contributed by atoms with Crippen molar-refractivity contribution in [2.75, 3.05) is 13.2 Å². The van der Waals surface area contributed by atoms with Gasteiger partial charge in [0, 0.05) is 12.2 Å². The highest BCUT2D eigenvalue weighted by atomic mass is 19.1. The number of hydrogen-bond acceptors (Lipinski definition) is 5. The summed E-state index contributed by atoms with van der Waals surface area (Å²) < 4.78 is 23.7. The maximum Gasteiger partial charge on any atom is 0.259 e. The largest absolute Gasteiger partial charge is 0.379 e. The summed E-state index contributed by atoms with van der Waals surface area (Å²) in [4.78, 5) is 17.2. The van der Waals surface area contributed by atoms with Gasteiger partial charge >= 0.3 is 0 Å². The van der Waals surface area contributed by atoms with Crippen molar-refractivity contribution in [1.29, 1.82) is 0 Å². The molecule has 1 aromatic carbocycles. The van der Waals surface area contributed by atoms with Crippen LogP contribution in [0.15, 0.2) is 34.9 Å². The second-order valence-corrected chi connectivity index (χ2v) is 6.04. The van der Waals surface area contributed by atoms with Crippen LogP contribution in [0, 0.1) is 12.7 Å². The Bertz CT molecular complexity index is 931. The molecule has 25 heavy (non-hydrogen) atoms. The lowest BCUT2D eigenvalue weighted by Gasteiger charge is -2.12. The zero-order valence-electron chi connectivity index (χ0n) is 13.6. The first-order valence-corrected chi connectivity index (χ1v) is 8.03. The summed E-state index contributed by atoms with van der Waals surface area (Å²) in [6.45, 7) is 2.91. The number of nitrogens with zero attached hydrogens (tertiary/aromatic N) is 2. The molecule has 0 saturated carbocycles. The third-order valence-corrected chi connectivity index (χ3v) is 4.27. The van der Waals surface area contributed by atoms with Crippen molar-refractivity contribution >= 4 is 17.0 Å². The van der Waals surface area contributed by atoms with Crippen molar-refractivity contribution in [3.05, 3.63) is 47.4 Å². The Hall–Kier alpha value is -2.80. The number of hydrogen-bond donors (Lipinski definition) is 1. The molecule has 1 amide bonds. The number of pyridine rings is 1. The maximum absolute atomic E-state index is 13.2. The Morgan fingerprint density at radius 1 is 1.32 bits per heavy atom. The van der Waals surface area contributed by atoms with E-state index in [2.05, 4.69) is 15.5 Å². The fourth-order valence-corrected chi connectivity index (χ4v) is 2.95. The van der Waals surface area contributed by atoms with Crippen molar-refractivity contribution in [1.82, 2.24) is 15.5 Å². The van der Waals surface area contributed by atoms with Crippen molar-refractivity contribution in [3.63, 3.8) is 0 Å². The molecule has 1 saturated heterocycles. The van der Waals surface area contributed by atoms with Gasteiger partial charge in [-0.15, -0.1) is 0 Å². The van der Waals surface area contributed by atoms with E-state index in [-0.39, 0.29) is 23.5 Å². The monoisotopic (exact) mass is 341 g/mol. The molecule has 1 atom stereocenters. The minimum atomic E-state index is -0.334. The van der Waals surface area contributed by atoms with Crippen LogP contribution in [0.3, 0.4) is 0 Å². The molecule has 128 valence electrons. The first-order valence-electron chi connectivity index (χ1n) is 8.03. The van der Waals surface area contributed by atoms with Crippen molar-refractivity contribution in [2.24, 2.45) is 0 Å². The van der Waals surface area contributed by atoms with Gasteiger partial charge in [0.1, 0.15) is 5.82 Å². The summed E-state index contributed by atoms with van der Waals surface area (Å²) in [6, 6.07) is 7.60. The van der Waals surface area contributed by atoms with Gasteiger partial charge in [0.15, 0.2) is 0 Å². The molecule has 1 aliphatic heterocycles. The molecule has 0 bridgehead atoms. The van der Waals surface area contributed by atoms with E-state index in [0.717, 1.165) is 6.42 Å². The number of fused-ring (bicyclic) bond motifs is 1.